The molecule has 4 nitrogen and oxygen atoms in total. The lowest BCUT2D eigenvalue weighted by Crippen LogP contribution is -2.25. The van der Waals surface area contributed by atoms with Crippen LogP contribution >= 0.6 is 23.2 Å². The highest BCUT2D eigenvalue weighted by molar-refractivity contribution is 6.41. The average Bonchev–Trinajstić information content (AvgIpc) is 3.04. The van der Waals surface area contributed by atoms with Gasteiger partial charge in [-0.05, 0) is 24.1 Å². The third-order valence-electron chi connectivity index (χ3n) is 3.32. The minimum absolute atomic E-state index is 0.219. The Kier molecular flexibility index (Phi) is 3.90. The molecule has 0 unspecified atom stereocenters. The van der Waals surface area contributed by atoms with E-state index in [1.165, 1.54) is 17.0 Å². The number of hydrogen-bond donors (Lipinski definition) is 3. The number of H-pyrrole nitrogens is 2. The number of hydrogen-bond acceptors (Lipinski definition) is 1. The number of para-hydroxylation sites is 1. The van der Waals surface area contributed by atoms with Gasteiger partial charge in [-0.15, -0.1) is 0 Å². The van der Waals surface area contributed by atoms with Crippen molar-refractivity contribution >= 4 is 40.0 Å². The Hall–Kier alpha value is -1.91. The molecular formula is C15H13Cl2N3O. The van der Waals surface area contributed by atoms with Crippen molar-refractivity contribution in [3.05, 3.63) is 58.0 Å². The van der Waals surface area contributed by atoms with Crippen LogP contribution in [0.25, 0.3) is 10.9 Å². The van der Waals surface area contributed by atoms with E-state index in [1.807, 2.05) is 24.4 Å². The predicted molar refractivity (Wildman–Crippen MR) is 85.1 cm³/mol. The van der Waals surface area contributed by atoms with Gasteiger partial charge in [-0.25, -0.2) is 0 Å². The van der Waals surface area contributed by atoms with Crippen molar-refractivity contribution in [3.63, 3.8) is 0 Å². The van der Waals surface area contributed by atoms with Crippen LogP contribution in [0, 0.1) is 0 Å². The Morgan fingerprint density at radius 2 is 2.05 bits per heavy atom. The van der Waals surface area contributed by atoms with Crippen LogP contribution in [0.5, 0.6) is 0 Å². The first-order valence-corrected chi connectivity index (χ1v) is 7.28. The number of aromatic nitrogens is 2. The lowest BCUT2D eigenvalue weighted by atomic mass is 10.1. The van der Waals surface area contributed by atoms with E-state index in [0.717, 1.165) is 11.9 Å². The fraction of sp³-hybridized carbons (Fsp3) is 0.133. The second kappa shape index (κ2) is 5.84. The van der Waals surface area contributed by atoms with Crippen LogP contribution in [0.3, 0.4) is 0 Å². The Labute approximate surface area is 131 Å². The summed E-state index contributed by atoms with van der Waals surface area (Å²) >= 11 is 11.6. The van der Waals surface area contributed by atoms with Gasteiger partial charge in [-0.2, -0.15) is 0 Å². The molecule has 3 rings (SSSR count). The molecule has 0 atom stereocenters. The van der Waals surface area contributed by atoms with E-state index in [9.17, 15) is 4.79 Å². The van der Waals surface area contributed by atoms with E-state index in [1.54, 1.807) is 0 Å². The fourth-order valence-corrected chi connectivity index (χ4v) is 2.58. The maximum atomic E-state index is 11.9. The SMILES string of the molecule is O=C(NCCc1c[nH]c2ccccc12)c1cc(Cl)c(Cl)[nH]1. The lowest BCUT2D eigenvalue weighted by molar-refractivity contribution is 0.0950. The summed E-state index contributed by atoms with van der Waals surface area (Å²) in [5, 5.41) is 4.64. The fourth-order valence-electron chi connectivity index (χ4n) is 2.27. The quantitative estimate of drug-likeness (QED) is 0.673. The zero-order valence-electron chi connectivity index (χ0n) is 11.0. The Morgan fingerprint density at radius 3 is 2.81 bits per heavy atom. The number of carbonyl (C=O) groups excluding carboxylic acids is 1. The molecule has 3 aromatic rings. The van der Waals surface area contributed by atoms with Crippen molar-refractivity contribution in [2.24, 2.45) is 0 Å². The van der Waals surface area contributed by atoms with Crippen LogP contribution in [0.1, 0.15) is 16.1 Å². The van der Waals surface area contributed by atoms with Crippen LogP contribution in [-0.2, 0) is 6.42 Å². The molecule has 108 valence electrons. The van der Waals surface area contributed by atoms with Crippen molar-refractivity contribution in [1.29, 1.82) is 0 Å². The van der Waals surface area contributed by atoms with Gasteiger partial charge in [-0.3, -0.25) is 4.79 Å². The smallest absolute Gasteiger partial charge is 0.267 e. The Morgan fingerprint density at radius 1 is 1.24 bits per heavy atom. The number of benzene rings is 1. The van der Waals surface area contributed by atoms with Gasteiger partial charge in [0, 0.05) is 23.6 Å². The van der Waals surface area contributed by atoms with Crippen molar-refractivity contribution in [2.45, 2.75) is 6.42 Å². The molecule has 0 saturated heterocycles. The van der Waals surface area contributed by atoms with E-state index in [-0.39, 0.29) is 11.1 Å². The molecule has 0 spiro atoms. The Balaban J connectivity index is 1.62. The van der Waals surface area contributed by atoms with Crippen LogP contribution in [0.4, 0.5) is 0 Å². The van der Waals surface area contributed by atoms with E-state index in [0.29, 0.717) is 17.3 Å². The second-order valence-corrected chi connectivity index (χ2v) is 5.50. The highest BCUT2D eigenvalue weighted by Gasteiger charge is 2.11. The molecule has 3 N–H and O–H groups in total. The van der Waals surface area contributed by atoms with Crippen LogP contribution < -0.4 is 5.32 Å². The van der Waals surface area contributed by atoms with Gasteiger partial charge in [0.1, 0.15) is 10.8 Å². The normalized spacial score (nSPS) is 11.0. The molecular weight excluding hydrogens is 309 g/mol. The maximum absolute atomic E-state index is 11.9. The molecule has 2 heterocycles. The van der Waals surface area contributed by atoms with Gasteiger partial charge in [0.25, 0.3) is 5.91 Å². The number of nitrogens with one attached hydrogen (secondary N) is 3. The molecule has 0 bridgehead atoms. The molecule has 2 aromatic heterocycles. The summed E-state index contributed by atoms with van der Waals surface area (Å²) in [5.74, 6) is -0.219. The molecule has 0 radical (unpaired) electrons. The molecule has 0 saturated carbocycles. The summed E-state index contributed by atoms with van der Waals surface area (Å²) in [5.41, 5.74) is 2.64. The van der Waals surface area contributed by atoms with Crippen LogP contribution in [0.15, 0.2) is 36.5 Å². The highest BCUT2D eigenvalue weighted by Crippen LogP contribution is 2.21. The van der Waals surface area contributed by atoms with Gasteiger partial charge in [-0.1, -0.05) is 41.4 Å². The molecule has 6 heteroatoms. The van der Waals surface area contributed by atoms with Crippen molar-refractivity contribution in [3.8, 4) is 0 Å². The van der Waals surface area contributed by atoms with Gasteiger partial charge < -0.3 is 15.3 Å². The minimum atomic E-state index is -0.219. The first-order chi connectivity index (χ1) is 10.1. The molecule has 1 amide bonds. The molecule has 21 heavy (non-hydrogen) atoms. The topological polar surface area (TPSA) is 60.7 Å². The van der Waals surface area contributed by atoms with E-state index in [4.69, 9.17) is 23.2 Å². The number of carbonyl (C=O) groups is 1. The second-order valence-electron chi connectivity index (χ2n) is 4.71. The molecule has 1 aromatic carbocycles. The zero-order valence-corrected chi connectivity index (χ0v) is 12.6. The zero-order chi connectivity index (χ0) is 14.8. The number of halogens is 2. The van der Waals surface area contributed by atoms with Crippen molar-refractivity contribution < 1.29 is 4.79 Å². The lowest BCUT2D eigenvalue weighted by Gasteiger charge is -2.03. The summed E-state index contributed by atoms with van der Waals surface area (Å²) in [7, 11) is 0. The van der Waals surface area contributed by atoms with E-state index < -0.39 is 0 Å². The largest absolute Gasteiger partial charge is 0.361 e. The monoisotopic (exact) mass is 321 g/mol. The average molecular weight is 322 g/mol. The number of amides is 1. The van der Waals surface area contributed by atoms with Crippen LogP contribution in [-0.4, -0.2) is 22.4 Å². The molecule has 0 aliphatic rings. The number of aromatic amines is 2. The molecule has 0 fully saturated rings. The predicted octanol–water partition coefficient (Wildman–Crippen LogP) is 3.78. The molecule has 0 aliphatic carbocycles. The Bertz CT molecular complexity index is 772. The maximum Gasteiger partial charge on any atom is 0.267 e. The summed E-state index contributed by atoms with van der Waals surface area (Å²) in [6, 6.07) is 9.60. The summed E-state index contributed by atoms with van der Waals surface area (Å²) in [4.78, 5) is 17.9. The first-order valence-electron chi connectivity index (χ1n) is 6.52. The third kappa shape index (κ3) is 2.91. The first kappa shape index (κ1) is 14.0. The third-order valence-corrected chi connectivity index (χ3v) is 4.02. The summed E-state index contributed by atoms with van der Waals surface area (Å²) in [6.45, 7) is 0.537. The van der Waals surface area contributed by atoms with Crippen molar-refractivity contribution in [2.75, 3.05) is 6.54 Å². The summed E-state index contributed by atoms with van der Waals surface area (Å²) in [6.07, 6.45) is 2.72. The van der Waals surface area contributed by atoms with Crippen molar-refractivity contribution in [1.82, 2.24) is 15.3 Å². The van der Waals surface area contributed by atoms with Gasteiger partial charge in [0.2, 0.25) is 0 Å². The number of rotatable bonds is 4. The van der Waals surface area contributed by atoms with Gasteiger partial charge >= 0.3 is 0 Å². The van der Waals surface area contributed by atoms with E-state index >= 15 is 0 Å². The highest BCUT2D eigenvalue weighted by atomic mass is 35.5. The standard InChI is InChI=1S/C15H13Cl2N3O/c16-11-7-13(20-14(11)17)15(21)18-6-5-9-8-19-12-4-2-1-3-10(9)12/h1-4,7-8,19-20H,5-6H2,(H,18,21). The van der Waals surface area contributed by atoms with Gasteiger partial charge in [0.05, 0.1) is 5.02 Å². The van der Waals surface area contributed by atoms with Gasteiger partial charge in [0.15, 0.2) is 0 Å². The summed E-state index contributed by atoms with van der Waals surface area (Å²) < 4.78 is 0. The number of fused-ring (bicyclic) bond motifs is 1. The van der Waals surface area contributed by atoms with E-state index in [2.05, 4.69) is 21.4 Å². The minimum Gasteiger partial charge on any atom is -0.361 e. The van der Waals surface area contributed by atoms with Crippen LogP contribution in [0.2, 0.25) is 10.2 Å². The molecule has 0 aliphatic heterocycles.